The lowest BCUT2D eigenvalue weighted by molar-refractivity contribution is 1.18. The third kappa shape index (κ3) is 6.40. The van der Waals surface area contributed by atoms with E-state index < -0.39 is 0 Å². The number of rotatable bonds is 7. The quantitative estimate of drug-likeness (QED) is 0.154. The van der Waals surface area contributed by atoms with E-state index in [0.29, 0.717) is 5.82 Å². The maximum Gasteiger partial charge on any atom is 0.160 e. The van der Waals surface area contributed by atoms with Crippen molar-refractivity contribution in [2.24, 2.45) is 0 Å². The Bertz CT molecular complexity index is 2970. The molecule has 56 heavy (non-hydrogen) atoms. The standard InChI is InChI=1S/C52H34N4/c1-5-13-35(14-6-1)36-21-25-40(26-22-36)48-34-49(56-52(55-48)43-19-11-4-12-20-43)41-27-23-37(24-28-41)45-33-47(39-17-9-3-10-18-39)54-51-44(45)31-29-42-30-32-46(53-50(42)51)38-15-7-2-8-16-38/h1-34H. The van der Waals surface area contributed by atoms with Gasteiger partial charge in [0.2, 0.25) is 0 Å². The summed E-state index contributed by atoms with van der Waals surface area (Å²) in [7, 11) is 0. The lowest BCUT2D eigenvalue weighted by Crippen LogP contribution is -1.96. The van der Waals surface area contributed by atoms with Crippen LogP contribution in [0.4, 0.5) is 0 Å². The Hall–Kier alpha value is -7.56. The molecule has 3 heterocycles. The van der Waals surface area contributed by atoms with Gasteiger partial charge >= 0.3 is 0 Å². The topological polar surface area (TPSA) is 51.6 Å². The molecule has 0 unspecified atom stereocenters. The molecule has 0 radical (unpaired) electrons. The Kier molecular flexibility index (Phi) is 8.47. The molecule has 0 aliphatic carbocycles. The largest absolute Gasteiger partial charge is 0.245 e. The van der Waals surface area contributed by atoms with Gasteiger partial charge in [0.25, 0.3) is 0 Å². The maximum absolute atomic E-state index is 5.28. The van der Waals surface area contributed by atoms with Crippen molar-refractivity contribution in [2.45, 2.75) is 0 Å². The van der Waals surface area contributed by atoms with E-state index in [2.05, 4.69) is 158 Å². The molecular weight excluding hydrogens is 681 g/mol. The van der Waals surface area contributed by atoms with Crippen molar-refractivity contribution in [3.05, 3.63) is 206 Å². The summed E-state index contributed by atoms with van der Waals surface area (Å²) in [5.74, 6) is 0.691. The van der Waals surface area contributed by atoms with Crippen molar-refractivity contribution in [3.63, 3.8) is 0 Å². The second-order valence-corrected chi connectivity index (χ2v) is 13.9. The van der Waals surface area contributed by atoms with Crippen LogP contribution < -0.4 is 0 Å². The molecule has 0 saturated carbocycles. The molecule has 262 valence electrons. The van der Waals surface area contributed by atoms with Crippen molar-refractivity contribution < 1.29 is 0 Å². The van der Waals surface area contributed by atoms with Crippen LogP contribution in [0, 0.1) is 0 Å². The number of hydrogen-bond acceptors (Lipinski definition) is 4. The predicted octanol–water partition coefficient (Wildman–Crippen LogP) is 13.2. The minimum Gasteiger partial charge on any atom is -0.245 e. The van der Waals surface area contributed by atoms with Crippen LogP contribution in [0.1, 0.15) is 0 Å². The number of hydrogen-bond donors (Lipinski definition) is 0. The number of fused-ring (bicyclic) bond motifs is 3. The second-order valence-electron chi connectivity index (χ2n) is 13.9. The summed E-state index contributed by atoms with van der Waals surface area (Å²) in [6.45, 7) is 0. The van der Waals surface area contributed by atoms with E-state index in [1.807, 2.05) is 48.5 Å². The molecule has 10 rings (SSSR count). The van der Waals surface area contributed by atoms with Crippen molar-refractivity contribution in [2.75, 3.05) is 0 Å². The lowest BCUT2D eigenvalue weighted by Gasteiger charge is -2.14. The molecule has 4 heteroatoms. The number of nitrogens with zero attached hydrogens (tertiary/aromatic N) is 4. The number of benzene rings is 7. The summed E-state index contributed by atoms with van der Waals surface area (Å²) < 4.78 is 0. The highest BCUT2D eigenvalue weighted by Gasteiger charge is 2.16. The first kappa shape index (κ1) is 33.0. The monoisotopic (exact) mass is 714 g/mol. The molecule has 0 bridgehead atoms. The van der Waals surface area contributed by atoms with Crippen LogP contribution in [0.15, 0.2) is 206 Å². The zero-order valence-electron chi connectivity index (χ0n) is 30.4. The third-order valence-corrected chi connectivity index (χ3v) is 10.3. The van der Waals surface area contributed by atoms with Crippen molar-refractivity contribution in [3.8, 4) is 78.7 Å². The van der Waals surface area contributed by atoms with Crippen LogP contribution in [0.2, 0.25) is 0 Å². The summed E-state index contributed by atoms with van der Waals surface area (Å²) in [6.07, 6.45) is 0. The smallest absolute Gasteiger partial charge is 0.160 e. The van der Waals surface area contributed by atoms with Crippen LogP contribution in [0.5, 0.6) is 0 Å². The first-order chi connectivity index (χ1) is 27.7. The average Bonchev–Trinajstić information content (AvgIpc) is 3.29. The first-order valence-corrected chi connectivity index (χ1v) is 18.8. The molecule has 0 N–H and O–H groups in total. The highest BCUT2D eigenvalue weighted by atomic mass is 14.9. The summed E-state index contributed by atoms with van der Waals surface area (Å²) >= 11 is 0. The summed E-state index contributed by atoms with van der Waals surface area (Å²) in [5.41, 5.74) is 15.0. The van der Waals surface area contributed by atoms with Gasteiger partial charge in [-0.3, -0.25) is 0 Å². The molecule has 0 fully saturated rings. The summed E-state index contributed by atoms with van der Waals surface area (Å²) in [5, 5.41) is 2.11. The molecule has 0 amide bonds. The van der Waals surface area contributed by atoms with E-state index in [1.165, 1.54) is 11.1 Å². The third-order valence-electron chi connectivity index (χ3n) is 10.3. The van der Waals surface area contributed by atoms with E-state index >= 15 is 0 Å². The van der Waals surface area contributed by atoms with Gasteiger partial charge in [0.05, 0.1) is 33.8 Å². The first-order valence-electron chi connectivity index (χ1n) is 18.8. The summed E-state index contributed by atoms with van der Waals surface area (Å²) in [4.78, 5) is 20.7. The minimum absolute atomic E-state index is 0.691. The van der Waals surface area contributed by atoms with Gasteiger partial charge in [-0.05, 0) is 40.5 Å². The van der Waals surface area contributed by atoms with Gasteiger partial charge in [-0.15, -0.1) is 0 Å². The number of aromatic nitrogens is 4. The normalized spacial score (nSPS) is 11.2. The minimum atomic E-state index is 0.691. The van der Waals surface area contributed by atoms with Crippen LogP contribution in [-0.2, 0) is 0 Å². The average molecular weight is 715 g/mol. The molecule has 3 aromatic heterocycles. The van der Waals surface area contributed by atoms with E-state index in [0.717, 1.165) is 83.5 Å². The Morgan fingerprint density at radius 2 is 0.661 bits per heavy atom. The van der Waals surface area contributed by atoms with Crippen LogP contribution >= 0.6 is 0 Å². The van der Waals surface area contributed by atoms with Gasteiger partial charge in [-0.2, -0.15) is 0 Å². The molecule has 7 aromatic carbocycles. The molecule has 0 atom stereocenters. The van der Waals surface area contributed by atoms with Gasteiger partial charge in [0.15, 0.2) is 5.82 Å². The van der Waals surface area contributed by atoms with E-state index in [-0.39, 0.29) is 0 Å². The van der Waals surface area contributed by atoms with E-state index in [9.17, 15) is 0 Å². The molecule has 0 aliphatic heterocycles. The van der Waals surface area contributed by atoms with Crippen molar-refractivity contribution in [1.82, 2.24) is 19.9 Å². The van der Waals surface area contributed by atoms with Crippen molar-refractivity contribution in [1.29, 1.82) is 0 Å². The highest BCUT2D eigenvalue weighted by Crippen LogP contribution is 2.37. The number of pyridine rings is 2. The Balaban J connectivity index is 1.09. The zero-order valence-corrected chi connectivity index (χ0v) is 30.4. The molecular formula is C52H34N4. The van der Waals surface area contributed by atoms with E-state index in [1.54, 1.807) is 0 Å². The fraction of sp³-hybridized carbons (Fsp3) is 0. The van der Waals surface area contributed by atoms with Crippen molar-refractivity contribution >= 4 is 21.8 Å². The molecule has 4 nitrogen and oxygen atoms in total. The molecule has 10 aromatic rings. The fourth-order valence-electron chi connectivity index (χ4n) is 7.38. The van der Waals surface area contributed by atoms with Crippen LogP contribution in [0.3, 0.4) is 0 Å². The lowest BCUT2D eigenvalue weighted by atomic mass is 9.95. The molecule has 0 spiro atoms. The van der Waals surface area contributed by atoms with Crippen LogP contribution in [-0.4, -0.2) is 19.9 Å². The Morgan fingerprint density at radius 1 is 0.250 bits per heavy atom. The van der Waals surface area contributed by atoms with Gasteiger partial charge < -0.3 is 0 Å². The fourth-order valence-corrected chi connectivity index (χ4v) is 7.38. The Labute approximate surface area is 325 Å². The zero-order chi connectivity index (χ0) is 37.3. The molecule has 0 aliphatic rings. The van der Waals surface area contributed by atoms with Gasteiger partial charge in [-0.1, -0.05) is 188 Å². The van der Waals surface area contributed by atoms with Gasteiger partial charge in [0, 0.05) is 38.6 Å². The maximum atomic E-state index is 5.28. The SMILES string of the molecule is c1ccc(-c2ccc(-c3cc(-c4ccc(-c5cc(-c6ccccc6)nc6c5ccc5ccc(-c7ccccc7)nc56)cc4)nc(-c4ccccc4)n3)cc2)cc1. The summed E-state index contributed by atoms with van der Waals surface area (Å²) in [6, 6.07) is 71.5. The molecule has 0 saturated heterocycles. The van der Waals surface area contributed by atoms with Gasteiger partial charge in [0.1, 0.15) is 0 Å². The Morgan fingerprint density at radius 3 is 1.25 bits per heavy atom. The van der Waals surface area contributed by atoms with E-state index in [4.69, 9.17) is 19.9 Å². The second kappa shape index (κ2) is 14.3. The predicted molar refractivity (Wildman–Crippen MR) is 231 cm³/mol. The highest BCUT2D eigenvalue weighted by molar-refractivity contribution is 6.09. The van der Waals surface area contributed by atoms with Crippen LogP contribution in [0.25, 0.3) is 100 Å². The van der Waals surface area contributed by atoms with Gasteiger partial charge in [-0.25, -0.2) is 19.9 Å².